The number of pyridine rings is 1. The molecule has 0 unspecified atom stereocenters. The number of carbonyl (C=O) groups excluding carboxylic acids is 1. The van der Waals surface area contributed by atoms with Crippen LogP contribution >= 0.6 is 15.9 Å². The molecule has 2 aromatic rings. The number of amides is 1. The van der Waals surface area contributed by atoms with Crippen LogP contribution in [0.2, 0.25) is 0 Å². The number of rotatable bonds is 5. The first-order chi connectivity index (χ1) is 12.8. The molecule has 2 N–H and O–H groups in total. The number of hydrogen-bond donors (Lipinski definition) is 2. The SMILES string of the molecule is Cn1c(Nc2ccc(Br)cc2F)c2c(c(F)c1=O)CCN(OCCO)C2=O. The van der Waals surface area contributed by atoms with Crippen LogP contribution in [0.4, 0.5) is 20.3 Å². The predicted octanol–water partition coefficient (Wildman–Crippen LogP) is 2.09. The molecular weight excluding hydrogens is 428 g/mol. The molecule has 0 saturated carbocycles. The maximum absolute atomic E-state index is 14.5. The van der Waals surface area contributed by atoms with E-state index in [1.807, 2.05) is 0 Å². The Balaban J connectivity index is 2.12. The first kappa shape index (κ1) is 19.5. The van der Waals surface area contributed by atoms with Gasteiger partial charge in [0, 0.05) is 17.1 Å². The van der Waals surface area contributed by atoms with Gasteiger partial charge in [-0.1, -0.05) is 15.9 Å². The first-order valence-corrected chi connectivity index (χ1v) is 8.83. The summed E-state index contributed by atoms with van der Waals surface area (Å²) in [5.41, 5.74) is -1.07. The van der Waals surface area contributed by atoms with Gasteiger partial charge in [-0.05, 0) is 24.6 Å². The Labute approximate surface area is 161 Å². The smallest absolute Gasteiger partial charge is 0.288 e. The summed E-state index contributed by atoms with van der Waals surface area (Å²) in [6.07, 6.45) is 0.0475. The number of hydroxylamine groups is 2. The molecule has 0 radical (unpaired) electrons. The monoisotopic (exact) mass is 443 g/mol. The van der Waals surface area contributed by atoms with Crippen LogP contribution in [0, 0.1) is 11.6 Å². The summed E-state index contributed by atoms with van der Waals surface area (Å²) >= 11 is 3.15. The average Bonchev–Trinajstić information content (AvgIpc) is 2.64. The van der Waals surface area contributed by atoms with Crippen LogP contribution in [-0.2, 0) is 18.3 Å². The molecule has 1 aliphatic rings. The highest BCUT2D eigenvalue weighted by Gasteiger charge is 2.33. The van der Waals surface area contributed by atoms with Crippen molar-refractivity contribution >= 4 is 33.3 Å². The number of aliphatic hydroxyl groups excluding tert-OH is 1. The zero-order valence-corrected chi connectivity index (χ0v) is 15.8. The Morgan fingerprint density at radius 3 is 2.74 bits per heavy atom. The Kier molecular flexibility index (Phi) is 5.59. The topological polar surface area (TPSA) is 83.8 Å². The number of fused-ring (bicyclic) bond motifs is 1. The van der Waals surface area contributed by atoms with Gasteiger partial charge >= 0.3 is 0 Å². The minimum absolute atomic E-state index is 0.0169. The van der Waals surface area contributed by atoms with Crippen molar-refractivity contribution in [3.8, 4) is 0 Å². The van der Waals surface area contributed by atoms with Crippen LogP contribution in [0.15, 0.2) is 27.5 Å². The second kappa shape index (κ2) is 7.75. The minimum Gasteiger partial charge on any atom is -0.394 e. The molecule has 0 bridgehead atoms. The zero-order valence-electron chi connectivity index (χ0n) is 14.3. The number of carbonyl (C=O) groups is 1. The molecule has 1 amide bonds. The van der Waals surface area contributed by atoms with E-state index in [2.05, 4.69) is 21.2 Å². The van der Waals surface area contributed by atoms with E-state index < -0.39 is 23.1 Å². The summed E-state index contributed by atoms with van der Waals surface area (Å²) in [5.74, 6) is -2.37. The van der Waals surface area contributed by atoms with E-state index in [4.69, 9.17) is 9.94 Å². The highest BCUT2D eigenvalue weighted by Crippen LogP contribution is 2.30. The number of benzene rings is 1. The van der Waals surface area contributed by atoms with Crippen LogP contribution in [0.1, 0.15) is 15.9 Å². The van der Waals surface area contributed by atoms with Gasteiger partial charge in [0.2, 0.25) is 0 Å². The van der Waals surface area contributed by atoms with Crippen molar-refractivity contribution in [1.29, 1.82) is 0 Å². The lowest BCUT2D eigenvalue weighted by molar-refractivity contribution is -0.132. The fourth-order valence-corrected chi connectivity index (χ4v) is 3.18. The first-order valence-electron chi connectivity index (χ1n) is 8.04. The van der Waals surface area contributed by atoms with Gasteiger partial charge in [0.1, 0.15) is 11.6 Å². The van der Waals surface area contributed by atoms with Gasteiger partial charge in [-0.3, -0.25) is 19.0 Å². The normalized spacial score (nSPS) is 13.7. The molecule has 1 aromatic carbocycles. The molecule has 2 heterocycles. The van der Waals surface area contributed by atoms with Crippen LogP contribution in [0.5, 0.6) is 0 Å². The zero-order chi connectivity index (χ0) is 19.7. The summed E-state index contributed by atoms with van der Waals surface area (Å²) < 4.78 is 30.1. The molecule has 0 fully saturated rings. The van der Waals surface area contributed by atoms with Gasteiger partial charge in [-0.2, -0.15) is 0 Å². The van der Waals surface area contributed by atoms with Crippen molar-refractivity contribution in [1.82, 2.24) is 9.63 Å². The van der Waals surface area contributed by atoms with E-state index >= 15 is 0 Å². The molecule has 144 valence electrons. The lowest BCUT2D eigenvalue weighted by atomic mass is 10.00. The fraction of sp³-hybridized carbons (Fsp3) is 0.294. The molecule has 0 spiro atoms. The number of nitrogens with one attached hydrogen (secondary N) is 1. The number of halogens is 3. The standard InChI is InChI=1S/C17H16BrF2N3O4/c1-22-15(21-12-3-2-9(18)8-11(12)19)13-10(14(20)17(22)26)4-5-23(16(13)25)27-7-6-24/h2-3,8,21,24H,4-7H2,1H3. The van der Waals surface area contributed by atoms with Crippen LogP contribution < -0.4 is 10.9 Å². The molecular formula is C17H16BrF2N3O4. The maximum Gasteiger partial charge on any atom is 0.288 e. The number of nitrogens with zero attached hydrogens (tertiary/aromatic N) is 2. The van der Waals surface area contributed by atoms with Crippen molar-refractivity contribution in [3.05, 3.63) is 55.8 Å². The number of aromatic nitrogens is 1. The third-order valence-electron chi connectivity index (χ3n) is 4.16. The molecule has 0 atom stereocenters. The molecule has 0 aliphatic carbocycles. The second-order valence-corrected chi connectivity index (χ2v) is 6.76. The highest BCUT2D eigenvalue weighted by molar-refractivity contribution is 9.10. The Bertz CT molecular complexity index is 964. The van der Waals surface area contributed by atoms with Crippen molar-refractivity contribution < 1.29 is 23.5 Å². The Morgan fingerprint density at radius 2 is 2.07 bits per heavy atom. The minimum atomic E-state index is -1.02. The van der Waals surface area contributed by atoms with Crippen LogP contribution in [-0.4, -0.2) is 40.4 Å². The fourth-order valence-electron chi connectivity index (χ4n) is 2.84. The Morgan fingerprint density at radius 1 is 1.33 bits per heavy atom. The summed E-state index contributed by atoms with van der Waals surface area (Å²) in [6.45, 7) is -0.380. The summed E-state index contributed by atoms with van der Waals surface area (Å²) in [4.78, 5) is 30.2. The van der Waals surface area contributed by atoms with Crippen molar-refractivity contribution in [2.45, 2.75) is 6.42 Å². The highest BCUT2D eigenvalue weighted by atomic mass is 79.9. The van der Waals surface area contributed by atoms with Crippen LogP contribution in [0.3, 0.4) is 0 Å². The van der Waals surface area contributed by atoms with E-state index in [0.29, 0.717) is 4.47 Å². The van der Waals surface area contributed by atoms with Gasteiger partial charge < -0.3 is 10.4 Å². The van der Waals surface area contributed by atoms with Crippen LogP contribution in [0.25, 0.3) is 0 Å². The molecule has 27 heavy (non-hydrogen) atoms. The summed E-state index contributed by atoms with van der Waals surface area (Å²) in [7, 11) is 1.28. The van der Waals surface area contributed by atoms with Gasteiger partial charge in [-0.15, -0.1) is 0 Å². The lowest BCUT2D eigenvalue weighted by Crippen LogP contribution is -2.41. The maximum atomic E-state index is 14.5. The van der Waals surface area contributed by atoms with E-state index in [1.165, 1.54) is 19.2 Å². The average molecular weight is 444 g/mol. The van der Waals surface area contributed by atoms with Crippen molar-refractivity contribution in [3.63, 3.8) is 0 Å². The van der Waals surface area contributed by atoms with Gasteiger partial charge in [-0.25, -0.2) is 13.8 Å². The van der Waals surface area contributed by atoms with Gasteiger partial charge in [0.05, 0.1) is 31.0 Å². The third kappa shape index (κ3) is 3.60. The molecule has 0 saturated heterocycles. The van der Waals surface area contributed by atoms with Crippen molar-refractivity contribution in [2.24, 2.45) is 7.05 Å². The number of aliphatic hydroxyl groups is 1. The quantitative estimate of drug-likeness (QED) is 0.738. The van der Waals surface area contributed by atoms with E-state index in [-0.39, 0.29) is 48.8 Å². The molecule has 1 aromatic heterocycles. The molecule has 3 rings (SSSR count). The molecule has 10 heteroatoms. The second-order valence-electron chi connectivity index (χ2n) is 5.84. The van der Waals surface area contributed by atoms with E-state index in [9.17, 15) is 18.4 Å². The van der Waals surface area contributed by atoms with E-state index in [0.717, 1.165) is 9.63 Å². The lowest BCUT2D eigenvalue weighted by Gasteiger charge is -2.29. The Hall–Kier alpha value is -2.30. The molecule has 7 nitrogen and oxygen atoms in total. The van der Waals surface area contributed by atoms with Gasteiger partial charge in [0.15, 0.2) is 5.82 Å². The summed E-state index contributed by atoms with van der Waals surface area (Å²) in [5, 5.41) is 12.6. The largest absolute Gasteiger partial charge is 0.394 e. The predicted molar refractivity (Wildman–Crippen MR) is 96.8 cm³/mol. The number of hydrogen-bond acceptors (Lipinski definition) is 5. The number of anilines is 2. The van der Waals surface area contributed by atoms with Gasteiger partial charge in [0.25, 0.3) is 11.5 Å². The summed E-state index contributed by atoms with van der Waals surface area (Å²) in [6, 6.07) is 4.22. The molecule has 1 aliphatic heterocycles. The third-order valence-corrected chi connectivity index (χ3v) is 4.65. The van der Waals surface area contributed by atoms with E-state index in [1.54, 1.807) is 6.07 Å². The van der Waals surface area contributed by atoms with Crippen molar-refractivity contribution in [2.75, 3.05) is 25.1 Å².